The predicted octanol–water partition coefficient (Wildman–Crippen LogP) is 3.86. The first-order chi connectivity index (χ1) is 14.0. The van der Waals surface area contributed by atoms with Gasteiger partial charge in [-0.25, -0.2) is 8.78 Å². The number of aromatic nitrogens is 2. The number of imidazole rings is 1. The molecule has 0 aliphatic carbocycles. The fourth-order valence-electron chi connectivity index (χ4n) is 3.56. The van der Waals surface area contributed by atoms with E-state index in [-0.39, 0.29) is 30.7 Å². The summed E-state index contributed by atoms with van der Waals surface area (Å²) < 4.78 is 35.3. The van der Waals surface area contributed by atoms with Gasteiger partial charge in [-0.3, -0.25) is 4.79 Å². The Kier molecular flexibility index (Phi) is 5.44. The Morgan fingerprint density at radius 2 is 2.07 bits per heavy atom. The van der Waals surface area contributed by atoms with Gasteiger partial charge in [0.2, 0.25) is 5.91 Å². The number of halogens is 2. The van der Waals surface area contributed by atoms with Gasteiger partial charge in [0.25, 0.3) is 0 Å². The van der Waals surface area contributed by atoms with Gasteiger partial charge in [0.1, 0.15) is 12.4 Å². The van der Waals surface area contributed by atoms with Crippen LogP contribution in [0, 0.1) is 16.4 Å². The summed E-state index contributed by atoms with van der Waals surface area (Å²) >= 11 is 5.37. The van der Waals surface area contributed by atoms with E-state index < -0.39 is 11.6 Å². The number of H-pyrrole nitrogens is 1. The number of nitrogens with one attached hydrogen (secondary N) is 2. The smallest absolute Gasteiger partial charge is 0.226 e. The van der Waals surface area contributed by atoms with Crippen LogP contribution in [0.4, 0.5) is 8.78 Å². The molecule has 1 atom stereocenters. The minimum Gasteiger partial charge on any atom is -0.488 e. The zero-order chi connectivity index (χ0) is 20.4. The number of aromatic amines is 1. The molecule has 1 aromatic heterocycles. The van der Waals surface area contributed by atoms with E-state index in [9.17, 15) is 13.6 Å². The summed E-state index contributed by atoms with van der Waals surface area (Å²) in [5.74, 6) is -1.43. The van der Waals surface area contributed by atoms with Gasteiger partial charge in [-0.2, -0.15) is 0 Å². The van der Waals surface area contributed by atoms with Crippen LogP contribution in [0.15, 0.2) is 48.7 Å². The number of rotatable bonds is 5. The second-order valence-electron chi connectivity index (χ2n) is 6.94. The quantitative estimate of drug-likeness (QED) is 0.622. The van der Waals surface area contributed by atoms with E-state index in [0.717, 1.165) is 11.6 Å². The lowest BCUT2D eigenvalue weighted by molar-refractivity contribution is -0.120. The van der Waals surface area contributed by atoms with Crippen LogP contribution in [0.25, 0.3) is 0 Å². The average Bonchev–Trinajstić information content (AvgIpc) is 3.06. The highest BCUT2D eigenvalue weighted by atomic mass is 32.1. The van der Waals surface area contributed by atoms with Crippen molar-refractivity contribution in [3.63, 3.8) is 0 Å². The van der Waals surface area contributed by atoms with E-state index in [1.807, 2.05) is 30.3 Å². The highest BCUT2D eigenvalue weighted by Crippen LogP contribution is 2.33. The number of fused-ring (bicyclic) bond motifs is 1. The number of benzene rings is 2. The van der Waals surface area contributed by atoms with Gasteiger partial charge in [0.15, 0.2) is 16.3 Å². The largest absolute Gasteiger partial charge is 0.488 e. The molecule has 2 heterocycles. The maximum absolute atomic E-state index is 13.9. The number of amides is 1. The third-order valence-corrected chi connectivity index (χ3v) is 5.21. The lowest BCUT2D eigenvalue weighted by atomic mass is 10.0. The molecule has 0 radical (unpaired) electrons. The molecule has 0 fully saturated rings. The third-order valence-electron chi connectivity index (χ3n) is 4.89. The van der Waals surface area contributed by atoms with Gasteiger partial charge in [-0.1, -0.05) is 30.3 Å². The van der Waals surface area contributed by atoms with Crippen LogP contribution >= 0.6 is 12.2 Å². The Morgan fingerprint density at radius 3 is 2.86 bits per heavy atom. The predicted molar refractivity (Wildman–Crippen MR) is 106 cm³/mol. The highest BCUT2D eigenvalue weighted by molar-refractivity contribution is 7.71. The van der Waals surface area contributed by atoms with Gasteiger partial charge in [-0.15, -0.1) is 0 Å². The summed E-state index contributed by atoms with van der Waals surface area (Å²) in [6, 6.07) is 11.4. The number of carbonyl (C=O) groups excluding carboxylic acids is 1. The van der Waals surface area contributed by atoms with Crippen molar-refractivity contribution in [2.45, 2.75) is 25.4 Å². The van der Waals surface area contributed by atoms with E-state index in [0.29, 0.717) is 29.0 Å². The molecule has 150 valence electrons. The van der Waals surface area contributed by atoms with E-state index in [2.05, 4.69) is 10.3 Å². The van der Waals surface area contributed by atoms with E-state index in [4.69, 9.17) is 17.0 Å². The van der Waals surface area contributed by atoms with Crippen molar-refractivity contribution in [2.24, 2.45) is 0 Å². The molecule has 29 heavy (non-hydrogen) atoms. The monoisotopic (exact) mass is 415 g/mol. The van der Waals surface area contributed by atoms with Gasteiger partial charge in [-0.05, 0) is 23.8 Å². The Hall–Kier alpha value is -3.00. The second kappa shape index (κ2) is 8.16. The van der Waals surface area contributed by atoms with Gasteiger partial charge >= 0.3 is 0 Å². The van der Waals surface area contributed by atoms with Crippen LogP contribution < -0.4 is 10.1 Å². The summed E-state index contributed by atoms with van der Waals surface area (Å²) in [7, 11) is 0. The third kappa shape index (κ3) is 4.22. The lowest BCUT2D eigenvalue weighted by Gasteiger charge is -2.27. The van der Waals surface area contributed by atoms with Crippen LogP contribution in [-0.4, -0.2) is 22.1 Å². The maximum Gasteiger partial charge on any atom is 0.226 e. The minimum absolute atomic E-state index is 0.0758. The molecular formula is C21H19F2N3O2S. The van der Waals surface area contributed by atoms with Crippen molar-refractivity contribution in [3.05, 3.63) is 81.9 Å². The number of hydrogen-bond donors (Lipinski definition) is 2. The van der Waals surface area contributed by atoms with Crippen LogP contribution in [-0.2, 0) is 24.2 Å². The van der Waals surface area contributed by atoms with Crippen molar-refractivity contribution >= 4 is 18.1 Å². The minimum atomic E-state index is -0.711. The molecule has 8 heteroatoms. The Bertz CT molecular complexity index is 1100. The zero-order valence-corrected chi connectivity index (χ0v) is 16.3. The van der Waals surface area contributed by atoms with E-state index in [1.54, 1.807) is 10.8 Å². The molecule has 0 saturated heterocycles. The number of carbonyl (C=O) groups is 1. The van der Waals surface area contributed by atoms with Gasteiger partial charge < -0.3 is 19.6 Å². The van der Waals surface area contributed by atoms with Crippen molar-refractivity contribution < 1.29 is 18.3 Å². The first kappa shape index (κ1) is 19.3. The number of ether oxygens (including phenoxy) is 1. The molecule has 1 aliphatic heterocycles. The SMILES string of the molecule is O=C(Cc1c[nH]c(=S)n1C1COc2c(F)cc(F)cc2C1)NCc1ccccc1. The zero-order valence-electron chi connectivity index (χ0n) is 15.5. The molecule has 2 N–H and O–H groups in total. The van der Waals surface area contributed by atoms with Crippen molar-refractivity contribution in [1.82, 2.24) is 14.9 Å². The molecule has 1 unspecified atom stereocenters. The van der Waals surface area contributed by atoms with E-state index in [1.165, 1.54) is 6.07 Å². The molecule has 4 rings (SSSR count). The van der Waals surface area contributed by atoms with Gasteiger partial charge in [0.05, 0.1) is 12.5 Å². The number of hydrogen-bond acceptors (Lipinski definition) is 3. The summed E-state index contributed by atoms with van der Waals surface area (Å²) in [6.07, 6.45) is 2.17. The highest BCUT2D eigenvalue weighted by Gasteiger charge is 2.27. The topological polar surface area (TPSA) is 59.0 Å². The Balaban J connectivity index is 1.49. The van der Waals surface area contributed by atoms with Crippen LogP contribution in [0.5, 0.6) is 5.75 Å². The van der Waals surface area contributed by atoms with Gasteiger partial charge in [0, 0.05) is 36.5 Å². The summed E-state index contributed by atoms with van der Waals surface area (Å²) in [5, 5.41) is 2.89. The summed E-state index contributed by atoms with van der Waals surface area (Å²) in [4.78, 5) is 15.4. The molecule has 1 aliphatic rings. The van der Waals surface area contributed by atoms with Crippen LogP contribution in [0.3, 0.4) is 0 Å². The molecule has 5 nitrogen and oxygen atoms in total. The molecule has 0 bridgehead atoms. The fraction of sp³-hybridized carbons (Fsp3) is 0.238. The lowest BCUT2D eigenvalue weighted by Crippen LogP contribution is -2.29. The molecule has 3 aromatic rings. The average molecular weight is 415 g/mol. The van der Waals surface area contributed by atoms with Crippen molar-refractivity contribution in [3.8, 4) is 5.75 Å². The normalized spacial score (nSPS) is 15.4. The standard InChI is InChI=1S/C21H19F2N3O2S/c22-15-6-14-7-17(12-28-20(14)18(23)8-15)26-16(11-25-21(26)29)9-19(27)24-10-13-4-2-1-3-5-13/h1-6,8,11,17H,7,9-10,12H2,(H,24,27)(H,25,29). The van der Waals surface area contributed by atoms with Crippen molar-refractivity contribution in [1.29, 1.82) is 0 Å². The maximum atomic E-state index is 13.9. The van der Waals surface area contributed by atoms with Crippen molar-refractivity contribution in [2.75, 3.05) is 6.61 Å². The molecule has 1 amide bonds. The van der Waals surface area contributed by atoms with Crippen LogP contribution in [0.2, 0.25) is 0 Å². The number of nitrogens with zero attached hydrogens (tertiary/aromatic N) is 1. The summed E-state index contributed by atoms with van der Waals surface area (Å²) in [5.41, 5.74) is 2.14. The van der Waals surface area contributed by atoms with E-state index >= 15 is 0 Å². The first-order valence-electron chi connectivity index (χ1n) is 9.21. The fourth-order valence-corrected chi connectivity index (χ4v) is 3.88. The molecule has 2 aromatic carbocycles. The van der Waals surface area contributed by atoms with Crippen LogP contribution in [0.1, 0.15) is 22.9 Å². The first-order valence-corrected chi connectivity index (χ1v) is 9.62. The second-order valence-corrected chi connectivity index (χ2v) is 7.33. The Labute approximate surface area is 171 Å². The summed E-state index contributed by atoms with van der Waals surface area (Å²) in [6.45, 7) is 0.615. The molecule has 0 spiro atoms. The Morgan fingerprint density at radius 1 is 1.28 bits per heavy atom. The molecular weight excluding hydrogens is 396 g/mol. The molecule has 0 saturated carbocycles.